The molecule has 2 heterocycles. The zero-order chi connectivity index (χ0) is 26.2. The molecule has 3 aromatic carbocycles. The Morgan fingerprint density at radius 3 is 2.11 bits per heavy atom. The van der Waals surface area contributed by atoms with E-state index >= 15 is 0 Å². The SMILES string of the molecule is O=C(O)c1ccccc1-c1nc(-c2ccc(-c3nc(-c4cc(CF)cc(C(F)(F)F)c4)cs3)cc2)cs1. The average molecular weight is 541 g/mol. The van der Waals surface area contributed by atoms with Gasteiger partial charge < -0.3 is 5.11 Å². The zero-order valence-corrected chi connectivity index (χ0v) is 20.4. The smallest absolute Gasteiger partial charge is 0.416 e. The van der Waals surface area contributed by atoms with Crippen LogP contribution in [0.4, 0.5) is 17.6 Å². The number of hydrogen-bond donors (Lipinski definition) is 1. The first-order valence-electron chi connectivity index (χ1n) is 10.8. The maximum absolute atomic E-state index is 13.2. The van der Waals surface area contributed by atoms with E-state index in [1.165, 1.54) is 34.8 Å². The fourth-order valence-corrected chi connectivity index (χ4v) is 5.49. The first kappa shape index (κ1) is 24.8. The van der Waals surface area contributed by atoms with Crippen LogP contribution in [0.15, 0.2) is 77.5 Å². The topological polar surface area (TPSA) is 63.1 Å². The molecular formula is C27H16F4N2O2S2. The van der Waals surface area contributed by atoms with Crippen molar-refractivity contribution in [3.8, 4) is 43.7 Å². The van der Waals surface area contributed by atoms with Gasteiger partial charge in [0, 0.05) is 33.0 Å². The van der Waals surface area contributed by atoms with Crippen LogP contribution in [0.1, 0.15) is 21.5 Å². The van der Waals surface area contributed by atoms with Crippen molar-refractivity contribution in [2.24, 2.45) is 0 Å². The average Bonchev–Trinajstić information content (AvgIpc) is 3.59. The molecule has 1 N–H and O–H groups in total. The van der Waals surface area contributed by atoms with Gasteiger partial charge >= 0.3 is 12.1 Å². The van der Waals surface area contributed by atoms with Crippen molar-refractivity contribution in [3.05, 3.63) is 94.2 Å². The lowest BCUT2D eigenvalue weighted by molar-refractivity contribution is -0.137. The molecule has 0 bridgehead atoms. The Hall–Kier alpha value is -3.89. The lowest BCUT2D eigenvalue weighted by Crippen LogP contribution is -2.05. The molecule has 0 aliphatic heterocycles. The lowest BCUT2D eigenvalue weighted by Gasteiger charge is -2.10. The molecule has 0 unspecified atom stereocenters. The molecule has 10 heteroatoms. The van der Waals surface area contributed by atoms with Gasteiger partial charge in [-0.3, -0.25) is 0 Å². The second-order valence-electron chi connectivity index (χ2n) is 8.05. The summed E-state index contributed by atoms with van der Waals surface area (Å²) < 4.78 is 52.9. The summed E-state index contributed by atoms with van der Waals surface area (Å²) in [5.74, 6) is -1.02. The Bertz CT molecular complexity index is 1590. The Balaban J connectivity index is 1.40. The number of thiazole rings is 2. The maximum atomic E-state index is 13.2. The Kier molecular flexibility index (Phi) is 6.61. The summed E-state index contributed by atoms with van der Waals surface area (Å²) in [7, 11) is 0. The minimum absolute atomic E-state index is 0.0580. The van der Waals surface area contributed by atoms with Crippen LogP contribution < -0.4 is 0 Å². The fourth-order valence-electron chi connectivity index (χ4n) is 3.79. The standard InChI is InChI=1S/C27H16F4N2O2S2/c28-12-15-9-18(11-19(10-15)27(29,30)31)23-14-36-24(32-23)17-7-5-16(6-8-17)22-13-37-25(33-22)20-3-1-2-4-21(20)26(34)35/h1-11,13-14H,12H2,(H,34,35). The van der Waals surface area contributed by atoms with E-state index in [1.54, 1.807) is 23.6 Å². The molecular weight excluding hydrogens is 524 g/mol. The van der Waals surface area contributed by atoms with Gasteiger partial charge in [-0.25, -0.2) is 19.2 Å². The van der Waals surface area contributed by atoms with E-state index in [9.17, 15) is 27.5 Å². The summed E-state index contributed by atoms with van der Waals surface area (Å²) in [6, 6.07) is 17.2. The van der Waals surface area contributed by atoms with Crippen LogP contribution >= 0.6 is 22.7 Å². The molecule has 0 saturated heterocycles. The van der Waals surface area contributed by atoms with Gasteiger partial charge in [-0.15, -0.1) is 22.7 Å². The number of hydrogen-bond acceptors (Lipinski definition) is 5. The van der Waals surface area contributed by atoms with E-state index in [1.807, 2.05) is 29.6 Å². The van der Waals surface area contributed by atoms with Crippen LogP contribution in [0.2, 0.25) is 0 Å². The van der Waals surface area contributed by atoms with Crippen LogP contribution in [-0.4, -0.2) is 21.0 Å². The summed E-state index contributed by atoms with van der Waals surface area (Å²) in [5.41, 5.74) is 2.58. The van der Waals surface area contributed by atoms with Gasteiger partial charge in [0.25, 0.3) is 0 Å². The molecule has 5 rings (SSSR count). The molecule has 0 aliphatic rings. The number of nitrogens with zero attached hydrogens (tertiary/aromatic N) is 2. The summed E-state index contributed by atoms with van der Waals surface area (Å²) in [4.78, 5) is 20.6. The number of benzene rings is 3. The van der Waals surface area contributed by atoms with Gasteiger partial charge in [0.15, 0.2) is 0 Å². The summed E-state index contributed by atoms with van der Waals surface area (Å²) in [6.07, 6.45) is -4.58. The molecule has 0 aliphatic carbocycles. The number of carboxylic acid groups (broad SMARTS) is 1. The van der Waals surface area contributed by atoms with Crippen LogP contribution in [0.3, 0.4) is 0 Å². The molecule has 37 heavy (non-hydrogen) atoms. The number of aromatic nitrogens is 2. The van der Waals surface area contributed by atoms with Crippen LogP contribution in [-0.2, 0) is 12.9 Å². The van der Waals surface area contributed by atoms with Gasteiger partial charge in [0.05, 0.1) is 22.5 Å². The monoisotopic (exact) mass is 540 g/mol. The van der Waals surface area contributed by atoms with E-state index in [0.29, 0.717) is 27.0 Å². The summed E-state index contributed by atoms with van der Waals surface area (Å²) in [6.45, 7) is -1.00. The molecule has 2 aromatic heterocycles. The highest BCUT2D eigenvalue weighted by Crippen LogP contribution is 2.36. The number of carboxylic acids is 1. The van der Waals surface area contributed by atoms with Crippen molar-refractivity contribution < 1.29 is 27.5 Å². The van der Waals surface area contributed by atoms with Gasteiger partial charge in [0.1, 0.15) is 16.7 Å². The third kappa shape index (κ3) is 5.16. The molecule has 4 nitrogen and oxygen atoms in total. The predicted molar refractivity (Wildman–Crippen MR) is 136 cm³/mol. The van der Waals surface area contributed by atoms with Gasteiger partial charge in [-0.2, -0.15) is 13.2 Å². The van der Waals surface area contributed by atoms with E-state index in [4.69, 9.17) is 0 Å². The summed E-state index contributed by atoms with van der Waals surface area (Å²) in [5, 5.41) is 14.1. The molecule has 0 saturated carbocycles. The third-order valence-electron chi connectivity index (χ3n) is 5.59. The summed E-state index contributed by atoms with van der Waals surface area (Å²) >= 11 is 2.62. The van der Waals surface area contributed by atoms with Crippen LogP contribution in [0.5, 0.6) is 0 Å². The van der Waals surface area contributed by atoms with Crippen LogP contribution in [0, 0.1) is 0 Å². The molecule has 0 fully saturated rings. The van der Waals surface area contributed by atoms with Gasteiger partial charge in [0.2, 0.25) is 0 Å². The van der Waals surface area contributed by atoms with Crippen molar-refractivity contribution in [1.29, 1.82) is 0 Å². The molecule has 0 amide bonds. The highest BCUT2D eigenvalue weighted by Gasteiger charge is 2.31. The van der Waals surface area contributed by atoms with Crippen LogP contribution in [0.25, 0.3) is 43.7 Å². The predicted octanol–water partition coefficient (Wildman–Crippen LogP) is 8.45. The number of alkyl halides is 4. The van der Waals surface area contributed by atoms with Crippen molar-refractivity contribution in [3.63, 3.8) is 0 Å². The number of halogens is 4. The number of rotatable bonds is 6. The Labute approximate surface area is 216 Å². The lowest BCUT2D eigenvalue weighted by atomic mass is 10.0. The van der Waals surface area contributed by atoms with Crippen molar-refractivity contribution in [2.45, 2.75) is 12.9 Å². The van der Waals surface area contributed by atoms with E-state index < -0.39 is 24.4 Å². The molecule has 0 radical (unpaired) electrons. The van der Waals surface area contributed by atoms with E-state index in [-0.39, 0.29) is 16.7 Å². The fraction of sp³-hybridized carbons (Fsp3) is 0.0741. The first-order chi connectivity index (χ1) is 17.7. The van der Waals surface area contributed by atoms with Gasteiger partial charge in [-0.05, 0) is 29.8 Å². The molecule has 0 atom stereocenters. The largest absolute Gasteiger partial charge is 0.478 e. The van der Waals surface area contributed by atoms with Crippen molar-refractivity contribution >= 4 is 28.6 Å². The number of aromatic carboxylic acids is 1. The first-order valence-corrected chi connectivity index (χ1v) is 12.6. The Morgan fingerprint density at radius 2 is 1.43 bits per heavy atom. The minimum Gasteiger partial charge on any atom is -0.478 e. The van der Waals surface area contributed by atoms with Gasteiger partial charge in [-0.1, -0.05) is 42.5 Å². The number of carbonyl (C=O) groups is 1. The maximum Gasteiger partial charge on any atom is 0.416 e. The highest BCUT2D eigenvalue weighted by atomic mass is 32.1. The highest BCUT2D eigenvalue weighted by molar-refractivity contribution is 7.13. The van der Waals surface area contributed by atoms with E-state index in [0.717, 1.165) is 23.3 Å². The second-order valence-corrected chi connectivity index (χ2v) is 9.77. The molecule has 5 aromatic rings. The van der Waals surface area contributed by atoms with Crippen molar-refractivity contribution in [1.82, 2.24) is 9.97 Å². The quantitative estimate of drug-likeness (QED) is 0.220. The minimum atomic E-state index is -4.58. The second kappa shape index (κ2) is 9.87. The van der Waals surface area contributed by atoms with E-state index in [2.05, 4.69) is 9.97 Å². The zero-order valence-electron chi connectivity index (χ0n) is 18.8. The molecule has 0 spiro atoms. The normalized spacial score (nSPS) is 11.6. The molecule has 186 valence electrons. The Morgan fingerprint density at radius 1 is 0.811 bits per heavy atom. The third-order valence-corrected chi connectivity index (χ3v) is 7.36. The van der Waals surface area contributed by atoms with Crippen molar-refractivity contribution in [2.75, 3.05) is 0 Å².